The highest BCUT2D eigenvalue weighted by atomic mass is 19.1. The first-order valence-electron chi connectivity index (χ1n) is 3.43. The molecule has 0 fully saturated rings. The lowest BCUT2D eigenvalue weighted by molar-refractivity contribution is 0.103. The number of hydrogen-bond acceptors (Lipinski definition) is 2. The van der Waals surface area contributed by atoms with Gasteiger partial charge in [0.05, 0.1) is 6.20 Å². The van der Waals surface area contributed by atoms with Crippen LogP contribution in [0.2, 0.25) is 0 Å². The Balaban J connectivity index is 2.98. The Labute approximate surface area is 69.7 Å². The Morgan fingerprint density at radius 3 is 2.67 bits per heavy atom. The van der Waals surface area contributed by atoms with Gasteiger partial charge in [0.25, 0.3) is 0 Å². The number of allylic oxidation sites excluding steroid dienone is 1. The first-order chi connectivity index (χ1) is 5.61. The Morgan fingerprint density at radius 1 is 1.58 bits per heavy atom. The summed E-state index contributed by atoms with van der Waals surface area (Å²) in [4.78, 5) is 14.8. The highest BCUT2D eigenvalue weighted by molar-refractivity contribution is 6.06. The van der Waals surface area contributed by atoms with E-state index in [4.69, 9.17) is 0 Å². The average Bonchev–Trinajstić information content (AvgIpc) is 2.04. The van der Waals surface area contributed by atoms with Crippen LogP contribution in [-0.2, 0) is 0 Å². The lowest BCUT2D eigenvalue weighted by Crippen LogP contribution is -2.02. The van der Waals surface area contributed by atoms with Crippen molar-refractivity contribution in [2.24, 2.45) is 0 Å². The molecule has 0 aromatic carbocycles. The predicted octanol–water partition coefficient (Wildman–Crippen LogP) is 1.98. The van der Waals surface area contributed by atoms with Crippen LogP contribution >= 0.6 is 0 Å². The van der Waals surface area contributed by atoms with Crippen molar-refractivity contribution in [3.8, 4) is 0 Å². The Morgan fingerprint density at radius 2 is 2.25 bits per heavy atom. The van der Waals surface area contributed by atoms with Crippen LogP contribution in [0.5, 0.6) is 0 Å². The third-order valence-electron chi connectivity index (χ3n) is 1.35. The summed E-state index contributed by atoms with van der Waals surface area (Å²) in [6, 6.07) is 2.54. The van der Waals surface area contributed by atoms with Gasteiger partial charge in [0, 0.05) is 0 Å². The number of halogens is 1. The quantitative estimate of drug-likeness (QED) is 0.495. The molecule has 1 heterocycles. The average molecular weight is 165 g/mol. The van der Waals surface area contributed by atoms with Gasteiger partial charge in [0.2, 0.25) is 5.78 Å². The number of rotatable bonds is 2. The van der Waals surface area contributed by atoms with Crippen LogP contribution < -0.4 is 0 Å². The van der Waals surface area contributed by atoms with E-state index in [1.165, 1.54) is 12.1 Å². The van der Waals surface area contributed by atoms with Crippen LogP contribution in [0, 0.1) is 5.82 Å². The summed E-state index contributed by atoms with van der Waals surface area (Å²) in [5, 5.41) is 0. The molecular formula is C9H8FNO. The Hall–Kier alpha value is -1.51. The molecule has 0 amide bonds. The van der Waals surface area contributed by atoms with E-state index in [1.54, 1.807) is 6.92 Å². The van der Waals surface area contributed by atoms with Gasteiger partial charge in [-0.3, -0.25) is 4.79 Å². The second-order valence-corrected chi connectivity index (χ2v) is 2.47. The monoisotopic (exact) mass is 165 g/mol. The summed E-state index contributed by atoms with van der Waals surface area (Å²) in [5.41, 5.74) is 0.623. The lowest BCUT2D eigenvalue weighted by atomic mass is 10.1. The van der Waals surface area contributed by atoms with E-state index >= 15 is 0 Å². The van der Waals surface area contributed by atoms with Crippen LogP contribution in [0.1, 0.15) is 17.4 Å². The molecule has 0 atom stereocenters. The molecule has 0 saturated carbocycles. The molecule has 62 valence electrons. The van der Waals surface area contributed by atoms with Gasteiger partial charge < -0.3 is 0 Å². The minimum absolute atomic E-state index is 0.226. The molecule has 0 unspecified atom stereocenters. The fourth-order valence-electron chi connectivity index (χ4n) is 0.729. The van der Waals surface area contributed by atoms with Gasteiger partial charge in [0.15, 0.2) is 0 Å². The first kappa shape index (κ1) is 8.59. The molecule has 3 heteroatoms. The highest BCUT2D eigenvalue weighted by Gasteiger charge is 2.06. The molecule has 1 rings (SSSR count). The molecule has 0 N–H and O–H groups in total. The van der Waals surface area contributed by atoms with Crippen LogP contribution in [-0.4, -0.2) is 10.8 Å². The molecule has 1 aromatic rings. The number of carbonyl (C=O) groups excluding carboxylic acids is 1. The van der Waals surface area contributed by atoms with E-state index in [2.05, 4.69) is 11.6 Å². The number of Topliss-reactive ketones (excluding diaryl/α,β-unsaturated/α-hetero) is 1. The fraction of sp³-hybridized carbons (Fsp3) is 0.111. The van der Waals surface area contributed by atoms with Crippen LogP contribution in [0.25, 0.3) is 0 Å². The maximum atomic E-state index is 12.4. The van der Waals surface area contributed by atoms with Crippen LogP contribution in [0.15, 0.2) is 30.5 Å². The topological polar surface area (TPSA) is 30.0 Å². The van der Waals surface area contributed by atoms with Crippen LogP contribution in [0.4, 0.5) is 4.39 Å². The van der Waals surface area contributed by atoms with E-state index in [0.717, 1.165) is 6.20 Å². The van der Waals surface area contributed by atoms with Gasteiger partial charge >= 0.3 is 0 Å². The van der Waals surface area contributed by atoms with Crippen molar-refractivity contribution in [1.82, 2.24) is 4.98 Å². The second-order valence-electron chi connectivity index (χ2n) is 2.47. The van der Waals surface area contributed by atoms with Crippen molar-refractivity contribution in [2.45, 2.75) is 6.92 Å². The number of carbonyl (C=O) groups is 1. The molecule has 1 aromatic heterocycles. The van der Waals surface area contributed by atoms with Gasteiger partial charge in [-0.15, -0.1) is 0 Å². The summed E-state index contributed by atoms with van der Waals surface area (Å²) in [5.74, 6) is -0.705. The Bertz CT molecular complexity index is 316. The molecule has 2 nitrogen and oxygen atoms in total. The van der Waals surface area contributed by atoms with E-state index in [1.807, 2.05) is 0 Å². The van der Waals surface area contributed by atoms with E-state index in [9.17, 15) is 9.18 Å². The van der Waals surface area contributed by atoms with Crippen molar-refractivity contribution >= 4 is 5.78 Å². The summed E-state index contributed by atoms with van der Waals surface area (Å²) in [6.45, 7) is 5.06. The molecule has 0 spiro atoms. The fourth-order valence-corrected chi connectivity index (χ4v) is 0.729. The zero-order chi connectivity index (χ0) is 9.14. The summed E-state index contributed by atoms with van der Waals surface area (Å²) in [7, 11) is 0. The van der Waals surface area contributed by atoms with Gasteiger partial charge in [-0.25, -0.2) is 9.37 Å². The molecule has 0 aliphatic heterocycles. The molecule has 0 bridgehead atoms. The molecular weight excluding hydrogens is 157 g/mol. The first-order valence-corrected chi connectivity index (χ1v) is 3.43. The number of aromatic nitrogens is 1. The Kier molecular flexibility index (Phi) is 2.33. The standard InChI is InChI=1S/C9H8FNO/c1-6(2)9(12)8-4-3-7(10)5-11-8/h3-5H,1H2,2H3. The normalized spacial score (nSPS) is 9.50. The number of pyridine rings is 1. The number of hydrogen-bond donors (Lipinski definition) is 0. The molecule has 0 saturated heterocycles. The van der Waals surface area contributed by atoms with E-state index in [0.29, 0.717) is 5.57 Å². The second kappa shape index (κ2) is 3.26. The number of nitrogens with zero attached hydrogens (tertiary/aromatic N) is 1. The molecule has 0 aliphatic carbocycles. The highest BCUT2D eigenvalue weighted by Crippen LogP contribution is 2.03. The van der Waals surface area contributed by atoms with Gasteiger partial charge in [0.1, 0.15) is 11.5 Å². The van der Waals surface area contributed by atoms with Gasteiger partial charge in [-0.1, -0.05) is 6.58 Å². The predicted molar refractivity (Wildman–Crippen MR) is 43.3 cm³/mol. The van der Waals surface area contributed by atoms with Gasteiger partial charge in [-0.05, 0) is 24.6 Å². The lowest BCUT2D eigenvalue weighted by Gasteiger charge is -1.96. The van der Waals surface area contributed by atoms with E-state index in [-0.39, 0.29) is 11.5 Å². The minimum atomic E-state index is -0.451. The molecule has 0 aliphatic rings. The van der Waals surface area contributed by atoms with Crippen molar-refractivity contribution in [3.63, 3.8) is 0 Å². The number of ketones is 1. The maximum absolute atomic E-state index is 12.4. The van der Waals surface area contributed by atoms with Crippen molar-refractivity contribution in [2.75, 3.05) is 0 Å². The third kappa shape index (κ3) is 1.75. The largest absolute Gasteiger partial charge is 0.287 e. The zero-order valence-electron chi connectivity index (χ0n) is 6.67. The molecule has 12 heavy (non-hydrogen) atoms. The summed E-state index contributed by atoms with van der Waals surface area (Å²) < 4.78 is 12.4. The summed E-state index contributed by atoms with van der Waals surface area (Å²) in [6.07, 6.45) is 1.01. The van der Waals surface area contributed by atoms with Crippen LogP contribution in [0.3, 0.4) is 0 Å². The SMILES string of the molecule is C=C(C)C(=O)c1ccc(F)cn1. The van der Waals surface area contributed by atoms with Crippen molar-refractivity contribution in [1.29, 1.82) is 0 Å². The van der Waals surface area contributed by atoms with E-state index < -0.39 is 5.82 Å². The van der Waals surface area contributed by atoms with Crippen molar-refractivity contribution < 1.29 is 9.18 Å². The summed E-state index contributed by atoms with van der Waals surface area (Å²) >= 11 is 0. The zero-order valence-corrected chi connectivity index (χ0v) is 6.67. The third-order valence-corrected chi connectivity index (χ3v) is 1.35. The molecule has 0 radical (unpaired) electrons. The minimum Gasteiger partial charge on any atom is -0.287 e. The van der Waals surface area contributed by atoms with Gasteiger partial charge in [-0.2, -0.15) is 0 Å². The van der Waals surface area contributed by atoms with Crippen molar-refractivity contribution in [3.05, 3.63) is 42.0 Å². The smallest absolute Gasteiger partial charge is 0.206 e. The maximum Gasteiger partial charge on any atom is 0.206 e.